The smallest absolute Gasteiger partial charge is 0.165 e. The Morgan fingerprint density at radius 2 is 2.37 bits per heavy atom. The van der Waals surface area contributed by atoms with E-state index >= 15 is 0 Å². The average molecular weight is 302 g/mol. The highest BCUT2D eigenvalue weighted by Gasteiger charge is 2.06. The number of nitrogens with one attached hydrogen (secondary N) is 1. The first-order valence-electron chi connectivity index (χ1n) is 5.98. The number of thiophene rings is 1. The molecule has 1 N–H and O–H groups in total. The van der Waals surface area contributed by atoms with Crippen LogP contribution < -0.4 is 5.32 Å². The van der Waals surface area contributed by atoms with E-state index in [-0.39, 0.29) is 0 Å². The number of hydrogen-bond acceptors (Lipinski definition) is 6. The Bertz CT molecular complexity index is 501. The largest absolute Gasteiger partial charge is 0.383 e. The van der Waals surface area contributed by atoms with Crippen LogP contribution >= 0.6 is 22.9 Å². The number of nitrogens with zero attached hydrogens (tertiary/aromatic N) is 4. The van der Waals surface area contributed by atoms with E-state index in [1.165, 1.54) is 4.88 Å². The van der Waals surface area contributed by atoms with Gasteiger partial charge in [-0.05, 0) is 22.6 Å². The van der Waals surface area contributed by atoms with Gasteiger partial charge < -0.3 is 10.1 Å². The molecule has 0 bridgehead atoms. The summed E-state index contributed by atoms with van der Waals surface area (Å²) in [5.74, 6) is 0.832. The molecule has 0 saturated carbocycles. The van der Waals surface area contributed by atoms with Crippen molar-refractivity contribution in [3.63, 3.8) is 0 Å². The molecule has 104 valence electrons. The lowest BCUT2D eigenvalue weighted by molar-refractivity contribution is 0.198. The molecule has 8 heteroatoms. The monoisotopic (exact) mass is 301 g/mol. The summed E-state index contributed by atoms with van der Waals surface area (Å²) in [7, 11) is 1.68. The predicted octanol–water partition coefficient (Wildman–Crippen LogP) is 1.37. The van der Waals surface area contributed by atoms with E-state index in [9.17, 15) is 0 Å². The molecule has 2 rings (SSSR count). The van der Waals surface area contributed by atoms with Crippen LogP contribution in [0.15, 0.2) is 12.1 Å². The van der Waals surface area contributed by atoms with E-state index < -0.39 is 0 Å². The summed E-state index contributed by atoms with van der Waals surface area (Å²) >= 11 is 7.49. The van der Waals surface area contributed by atoms with Gasteiger partial charge in [-0.3, -0.25) is 0 Å². The molecule has 0 aromatic carbocycles. The summed E-state index contributed by atoms with van der Waals surface area (Å²) in [6.07, 6.45) is 0.882. The lowest BCUT2D eigenvalue weighted by Gasteiger charge is -2.05. The fourth-order valence-corrected chi connectivity index (χ4v) is 2.68. The van der Waals surface area contributed by atoms with Crippen molar-refractivity contribution < 1.29 is 4.74 Å². The van der Waals surface area contributed by atoms with Gasteiger partial charge in [-0.25, -0.2) is 4.68 Å². The minimum Gasteiger partial charge on any atom is -0.383 e. The molecule has 0 unspecified atom stereocenters. The van der Waals surface area contributed by atoms with E-state index in [1.54, 1.807) is 18.4 Å². The van der Waals surface area contributed by atoms with Crippen molar-refractivity contribution in [2.45, 2.75) is 19.5 Å². The molecule has 0 aliphatic rings. The van der Waals surface area contributed by atoms with Gasteiger partial charge in [0.2, 0.25) is 0 Å². The molecule has 0 saturated heterocycles. The number of hydrogen-bond donors (Lipinski definition) is 1. The summed E-state index contributed by atoms with van der Waals surface area (Å²) in [6.45, 7) is 2.85. The van der Waals surface area contributed by atoms with Crippen LogP contribution in [0.4, 0.5) is 0 Å². The molecular weight excluding hydrogens is 286 g/mol. The number of halogens is 1. The van der Waals surface area contributed by atoms with Crippen LogP contribution in [0.2, 0.25) is 4.34 Å². The standard InChI is InChI=1S/C11H16ClN5OS/c1-18-7-5-13-8-11-14-15-16-17(11)6-4-9-2-3-10(12)19-9/h2-3,13H,4-8H2,1H3. The molecular formula is C11H16ClN5OS. The van der Waals surface area contributed by atoms with Crippen LogP contribution in [0, 0.1) is 0 Å². The maximum absolute atomic E-state index is 5.90. The van der Waals surface area contributed by atoms with Crippen molar-refractivity contribution in [3.8, 4) is 0 Å². The third kappa shape index (κ3) is 4.54. The Kier molecular flexibility index (Phi) is 5.71. The molecule has 19 heavy (non-hydrogen) atoms. The second-order valence-corrected chi connectivity index (χ2v) is 5.74. The molecule has 2 aromatic rings. The van der Waals surface area contributed by atoms with Crippen molar-refractivity contribution in [1.82, 2.24) is 25.5 Å². The molecule has 0 radical (unpaired) electrons. The van der Waals surface area contributed by atoms with Crippen LogP contribution in [-0.4, -0.2) is 40.5 Å². The molecule has 0 fully saturated rings. The number of ether oxygens (including phenoxy) is 1. The van der Waals surface area contributed by atoms with Gasteiger partial charge in [0.05, 0.1) is 17.5 Å². The Balaban J connectivity index is 1.81. The SMILES string of the molecule is COCCNCc1nnnn1CCc1ccc(Cl)s1. The summed E-state index contributed by atoms with van der Waals surface area (Å²) in [5, 5.41) is 14.9. The van der Waals surface area contributed by atoms with Gasteiger partial charge in [-0.2, -0.15) is 0 Å². The Morgan fingerprint density at radius 1 is 1.47 bits per heavy atom. The quantitative estimate of drug-likeness (QED) is 0.746. The molecule has 0 spiro atoms. The molecule has 0 aliphatic carbocycles. The number of aromatic nitrogens is 4. The summed E-state index contributed by atoms with van der Waals surface area (Å²) in [5.41, 5.74) is 0. The van der Waals surface area contributed by atoms with Crippen LogP contribution in [0.3, 0.4) is 0 Å². The van der Waals surface area contributed by atoms with E-state index in [0.717, 1.165) is 29.7 Å². The van der Waals surface area contributed by atoms with Crippen molar-refractivity contribution in [3.05, 3.63) is 27.2 Å². The number of aryl methyl sites for hydroxylation is 2. The second kappa shape index (κ2) is 7.54. The highest BCUT2D eigenvalue weighted by Crippen LogP contribution is 2.21. The maximum Gasteiger partial charge on any atom is 0.165 e. The van der Waals surface area contributed by atoms with Crippen LogP contribution in [0.1, 0.15) is 10.7 Å². The highest BCUT2D eigenvalue weighted by molar-refractivity contribution is 7.16. The third-order valence-electron chi connectivity index (χ3n) is 2.57. The second-order valence-electron chi connectivity index (χ2n) is 3.94. The molecule has 0 atom stereocenters. The normalized spacial score (nSPS) is 11.1. The number of methoxy groups -OCH3 is 1. The number of tetrazole rings is 1. The fourth-order valence-electron chi connectivity index (χ4n) is 1.60. The van der Waals surface area contributed by atoms with Gasteiger partial charge in [0, 0.05) is 31.5 Å². The first-order chi connectivity index (χ1) is 9.29. The van der Waals surface area contributed by atoms with Crippen LogP contribution in [0.5, 0.6) is 0 Å². The molecule has 2 aromatic heterocycles. The van der Waals surface area contributed by atoms with Crippen molar-refractivity contribution in [2.24, 2.45) is 0 Å². The van der Waals surface area contributed by atoms with Gasteiger partial charge in [-0.1, -0.05) is 11.6 Å². The van der Waals surface area contributed by atoms with Gasteiger partial charge >= 0.3 is 0 Å². The van der Waals surface area contributed by atoms with Crippen molar-refractivity contribution in [1.29, 1.82) is 0 Å². The van der Waals surface area contributed by atoms with E-state index in [4.69, 9.17) is 16.3 Å². The van der Waals surface area contributed by atoms with Crippen molar-refractivity contribution in [2.75, 3.05) is 20.3 Å². The van der Waals surface area contributed by atoms with Gasteiger partial charge in [0.25, 0.3) is 0 Å². The zero-order valence-electron chi connectivity index (χ0n) is 10.7. The predicted molar refractivity (Wildman–Crippen MR) is 74.4 cm³/mol. The zero-order chi connectivity index (χ0) is 13.5. The molecule has 0 amide bonds. The minimum atomic E-state index is 0.640. The van der Waals surface area contributed by atoms with Gasteiger partial charge in [0.15, 0.2) is 5.82 Å². The molecule has 0 aliphatic heterocycles. The van der Waals surface area contributed by atoms with E-state index in [1.807, 2.05) is 16.8 Å². The topological polar surface area (TPSA) is 64.9 Å². The van der Waals surface area contributed by atoms with Crippen molar-refractivity contribution >= 4 is 22.9 Å². The van der Waals surface area contributed by atoms with Crippen LogP contribution in [-0.2, 0) is 24.2 Å². The average Bonchev–Trinajstić information content (AvgIpc) is 3.01. The summed E-state index contributed by atoms with van der Waals surface area (Å²) in [4.78, 5) is 1.23. The van der Waals surface area contributed by atoms with Gasteiger partial charge in [0.1, 0.15) is 0 Å². The van der Waals surface area contributed by atoms with E-state index in [0.29, 0.717) is 13.2 Å². The lowest BCUT2D eigenvalue weighted by Crippen LogP contribution is -2.21. The van der Waals surface area contributed by atoms with Crippen LogP contribution in [0.25, 0.3) is 0 Å². The lowest BCUT2D eigenvalue weighted by atomic mass is 10.3. The maximum atomic E-state index is 5.90. The fraction of sp³-hybridized carbons (Fsp3) is 0.545. The minimum absolute atomic E-state index is 0.640. The first kappa shape index (κ1) is 14.4. The summed E-state index contributed by atoms with van der Waals surface area (Å²) in [6, 6.07) is 3.95. The Labute approximate surface area is 120 Å². The Hall–Kier alpha value is -1.02. The first-order valence-corrected chi connectivity index (χ1v) is 7.18. The highest BCUT2D eigenvalue weighted by atomic mass is 35.5. The molecule has 2 heterocycles. The Morgan fingerprint density at radius 3 is 3.11 bits per heavy atom. The third-order valence-corrected chi connectivity index (χ3v) is 3.86. The number of rotatable bonds is 8. The summed E-state index contributed by atoms with van der Waals surface area (Å²) < 4.78 is 7.59. The van der Waals surface area contributed by atoms with E-state index in [2.05, 4.69) is 20.8 Å². The zero-order valence-corrected chi connectivity index (χ0v) is 12.2. The van der Waals surface area contributed by atoms with Gasteiger partial charge in [-0.15, -0.1) is 16.4 Å². The molecule has 6 nitrogen and oxygen atoms in total.